The number of carbonyl (C=O) groups is 2. The molecule has 1 aromatic carbocycles. The molecule has 0 unspecified atom stereocenters. The minimum atomic E-state index is -0.933. The van der Waals surface area contributed by atoms with Crippen LogP contribution in [0.1, 0.15) is 34.8 Å². The van der Waals surface area contributed by atoms with Crippen LogP contribution in [0, 0.1) is 0 Å². The number of esters is 1. The van der Waals surface area contributed by atoms with Gasteiger partial charge in [-0.1, -0.05) is 0 Å². The fourth-order valence-electron chi connectivity index (χ4n) is 2.16. The number of rotatable bonds is 3. The summed E-state index contributed by atoms with van der Waals surface area (Å²) in [4.78, 5) is 23.3. The number of hydrogen-bond donors (Lipinski definition) is 1. The fourth-order valence-corrected chi connectivity index (χ4v) is 2.83. The van der Waals surface area contributed by atoms with Gasteiger partial charge in [-0.15, -0.1) is 0 Å². The number of phenolic OH excluding ortho intramolecular Hbond substituents is 1. The Kier molecular flexibility index (Phi) is 3.71. The molecule has 0 aliphatic heterocycles. The lowest BCUT2D eigenvalue weighted by atomic mass is 10.0. The monoisotopic (exact) mass is 312 g/mol. The Labute approximate surface area is 113 Å². The second kappa shape index (κ2) is 5.10. The van der Waals surface area contributed by atoms with Crippen LogP contribution in [0.25, 0.3) is 0 Å². The number of Topliss-reactive ketones (excluding diaryl/α,β-unsaturated/α-hetero) is 1. The number of ketones is 1. The van der Waals surface area contributed by atoms with Crippen LogP contribution in [-0.4, -0.2) is 23.5 Å². The van der Waals surface area contributed by atoms with E-state index in [1.54, 1.807) is 13.0 Å². The van der Waals surface area contributed by atoms with Crippen LogP contribution in [0.4, 0.5) is 0 Å². The van der Waals surface area contributed by atoms with E-state index in [0.717, 1.165) is 30.4 Å². The molecule has 0 amide bonds. The van der Waals surface area contributed by atoms with E-state index < -0.39 is 11.8 Å². The molecule has 0 saturated heterocycles. The highest BCUT2D eigenvalue weighted by molar-refractivity contribution is 9.10. The molecule has 18 heavy (non-hydrogen) atoms. The van der Waals surface area contributed by atoms with Crippen LogP contribution in [0.3, 0.4) is 0 Å². The zero-order chi connectivity index (χ0) is 13.3. The lowest BCUT2D eigenvalue weighted by molar-refractivity contribution is -0.137. The van der Waals surface area contributed by atoms with E-state index in [1.807, 2.05) is 0 Å². The first kappa shape index (κ1) is 13.1. The van der Waals surface area contributed by atoms with Crippen molar-refractivity contribution in [2.24, 2.45) is 0 Å². The van der Waals surface area contributed by atoms with Gasteiger partial charge in [-0.05, 0) is 59.3 Å². The maximum absolute atomic E-state index is 11.9. The first-order valence-electron chi connectivity index (χ1n) is 5.81. The standard InChI is InChI=1S/C13H13BrO4/c1-2-18-13(17)12(16)9-6-7-4-3-5-8(7)10(14)11(9)15/h6,15H,2-5H2,1H3. The topological polar surface area (TPSA) is 63.6 Å². The summed E-state index contributed by atoms with van der Waals surface area (Å²) < 4.78 is 5.18. The molecule has 1 aliphatic carbocycles. The number of aromatic hydroxyl groups is 1. The first-order chi connectivity index (χ1) is 8.56. The van der Waals surface area contributed by atoms with E-state index in [0.29, 0.717) is 4.47 Å². The normalized spacial score (nSPS) is 13.2. The molecule has 0 bridgehead atoms. The Balaban J connectivity index is 2.43. The highest BCUT2D eigenvalue weighted by atomic mass is 79.9. The number of hydrogen-bond acceptors (Lipinski definition) is 4. The van der Waals surface area contributed by atoms with Gasteiger partial charge in [0.15, 0.2) is 0 Å². The summed E-state index contributed by atoms with van der Waals surface area (Å²) in [7, 11) is 0. The predicted octanol–water partition coefficient (Wildman–Crippen LogP) is 2.39. The molecule has 5 heteroatoms. The minimum Gasteiger partial charge on any atom is -0.506 e. The minimum absolute atomic E-state index is 0.0148. The Bertz CT molecular complexity index is 522. The molecule has 0 aromatic heterocycles. The highest BCUT2D eigenvalue weighted by Crippen LogP contribution is 2.38. The van der Waals surface area contributed by atoms with E-state index >= 15 is 0 Å². The molecule has 0 atom stereocenters. The molecule has 1 aromatic rings. The SMILES string of the molecule is CCOC(=O)C(=O)c1cc2c(c(Br)c1O)CCC2. The molecule has 0 radical (unpaired) electrons. The van der Waals surface area contributed by atoms with Gasteiger partial charge in [0, 0.05) is 0 Å². The molecule has 0 fully saturated rings. The van der Waals surface area contributed by atoms with Crippen molar-refractivity contribution in [2.75, 3.05) is 6.61 Å². The number of phenols is 1. The molecule has 0 saturated carbocycles. The Morgan fingerprint density at radius 1 is 1.44 bits per heavy atom. The highest BCUT2D eigenvalue weighted by Gasteiger charge is 2.26. The van der Waals surface area contributed by atoms with Gasteiger partial charge in [-0.25, -0.2) is 4.79 Å². The summed E-state index contributed by atoms with van der Waals surface area (Å²) in [6.45, 7) is 1.76. The van der Waals surface area contributed by atoms with Crippen LogP contribution >= 0.6 is 15.9 Å². The van der Waals surface area contributed by atoms with E-state index in [1.165, 1.54) is 0 Å². The molecular weight excluding hydrogens is 300 g/mol. The largest absolute Gasteiger partial charge is 0.506 e. The van der Waals surface area contributed by atoms with E-state index in [-0.39, 0.29) is 17.9 Å². The van der Waals surface area contributed by atoms with Crippen molar-refractivity contribution in [3.63, 3.8) is 0 Å². The van der Waals surface area contributed by atoms with E-state index in [4.69, 9.17) is 0 Å². The Hall–Kier alpha value is -1.36. The second-order valence-electron chi connectivity index (χ2n) is 4.13. The molecule has 2 rings (SSSR count). The van der Waals surface area contributed by atoms with Crippen LogP contribution in [0.5, 0.6) is 5.75 Å². The lowest BCUT2D eigenvalue weighted by Crippen LogP contribution is -2.18. The third-order valence-electron chi connectivity index (χ3n) is 3.01. The summed E-state index contributed by atoms with van der Waals surface area (Å²) >= 11 is 3.28. The second-order valence-corrected chi connectivity index (χ2v) is 4.92. The molecule has 0 heterocycles. The predicted molar refractivity (Wildman–Crippen MR) is 68.8 cm³/mol. The maximum Gasteiger partial charge on any atom is 0.379 e. The summed E-state index contributed by atoms with van der Waals surface area (Å²) in [5, 5.41) is 9.97. The molecule has 0 spiro atoms. The van der Waals surface area contributed by atoms with Crippen LogP contribution in [0.2, 0.25) is 0 Å². The van der Waals surface area contributed by atoms with Crippen molar-refractivity contribution in [1.82, 2.24) is 0 Å². The summed E-state index contributed by atoms with van der Waals surface area (Å²) in [5.41, 5.74) is 2.04. The van der Waals surface area contributed by atoms with Gasteiger partial charge in [0.25, 0.3) is 5.78 Å². The number of halogens is 1. The number of aryl methyl sites for hydroxylation is 1. The van der Waals surface area contributed by atoms with Gasteiger partial charge in [0.05, 0.1) is 16.6 Å². The van der Waals surface area contributed by atoms with Crippen molar-refractivity contribution in [1.29, 1.82) is 0 Å². The zero-order valence-corrected chi connectivity index (χ0v) is 11.5. The number of fused-ring (bicyclic) bond motifs is 1. The number of benzene rings is 1. The van der Waals surface area contributed by atoms with Crippen LogP contribution in [-0.2, 0) is 22.4 Å². The lowest BCUT2D eigenvalue weighted by Gasteiger charge is -2.10. The number of carbonyl (C=O) groups excluding carboxylic acids is 2. The average molecular weight is 313 g/mol. The third-order valence-corrected chi connectivity index (χ3v) is 3.87. The summed E-state index contributed by atoms with van der Waals surface area (Å²) in [6, 6.07) is 1.60. The zero-order valence-electron chi connectivity index (χ0n) is 9.96. The molecule has 1 N–H and O–H groups in total. The van der Waals surface area contributed by atoms with Gasteiger partial charge in [-0.2, -0.15) is 0 Å². The molecule has 96 valence electrons. The molecule has 1 aliphatic rings. The van der Waals surface area contributed by atoms with Crippen LogP contribution < -0.4 is 0 Å². The van der Waals surface area contributed by atoms with Crippen molar-refractivity contribution in [3.05, 3.63) is 27.2 Å². The van der Waals surface area contributed by atoms with Gasteiger partial charge >= 0.3 is 5.97 Å². The van der Waals surface area contributed by atoms with E-state index in [2.05, 4.69) is 20.7 Å². The fraction of sp³-hybridized carbons (Fsp3) is 0.385. The van der Waals surface area contributed by atoms with Crippen molar-refractivity contribution in [3.8, 4) is 5.75 Å². The Morgan fingerprint density at radius 3 is 2.83 bits per heavy atom. The number of ether oxygens (including phenoxy) is 1. The van der Waals surface area contributed by atoms with Gasteiger partial charge in [-0.3, -0.25) is 4.79 Å². The first-order valence-corrected chi connectivity index (χ1v) is 6.60. The molecular formula is C13H13BrO4. The van der Waals surface area contributed by atoms with Crippen molar-refractivity contribution in [2.45, 2.75) is 26.2 Å². The van der Waals surface area contributed by atoms with Gasteiger partial charge in [0.2, 0.25) is 0 Å². The smallest absolute Gasteiger partial charge is 0.379 e. The van der Waals surface area contributed by atoms with Crippen LogP contribution in [0.15, 0.2) is 10.5 Å². The molecule has 4 nitrogen and oxygen atoms in total. The van der Waals surface area contributed by atoms with Crippen molar-refractivity contribution < 1.29 is 19.4 Å². The van der Waals surface area contributed by atoms with E-state index in [9.17, 15) is 14.7 Å². The van der Waals surface area contributed by atoms with Gasteiger partial charge in [0.1, 0.15) is 5.75 Å². The Morgan fingerprint density at radius 2 is 2.17 bits per heavy atom. The average Bonchev–Trinajstić information content (AvgIpc) is 2.81. The summed E-state index contributed by atoms with van der Waals surface area (Å²) in [5.74, 6) is -1.91. The summed E-state index contributed by atoms with van der Waals surface area (Å²) in [6.07, 6.45) is 2.72. The van der Waals surface area contributed by atoms with Crippen molar-refractivity contribution >= 4 is 27.7 Å². The quantitative estimate of drug-likeness (QED) is 0.529. The van der Waals surface area contributed by atoms with Gasteiger partial charge < -0.3 is 9.84 Å². The maximum atomic E-state index is 11.9. The third kappa shape index (κ3) is 2.14.